The van der Waals surface area contributed by atoms with Crippen molar-refractivity contribution in [1.82, 2.24) is 15.1 Å². The fourth-order valence-electron chi connectivity index (χ4n) is 5.25. The van der Waals surface area contributed by atoms with Gasteiger partial charge in [0.1, 0.15) is 6.54 Å². The fourth-order valence-corrected chi connectivity index (χ4v) is 5.25. The van der Waals surface area contributed by atoms with E-state index in [1.165, 1.54) is 24.2 Å². The van der Waals surface area contributed by atoms with Crippen LogP contribution in [0.4, 0.5) is 0 Å². The van der Waals surface area contributed by atoms with Gasteiger partial charge < -0.3 is 5.32 Å². The fraction of sp³-hybridized carbons (Fsp3) is 0.750. The molecule has 3 amide bonds. The Morgan fingerprint density at radius 1 is 1.08 bits per heavy atom. The van der Waals surface area contributed by atoms with Crippen molar-refractivity contribution in [2.75, 3.05) is 26.2 Å². The summed E-state index contributed by atoms with van der Waals surface area (Å²) in [5.74, 6) is -0.619. The zero-order valence-corrected chi connectivity index (χ0v) is 15.7. The van der Waals surface area contributed by atoms with Crippen LogP contribution in [0, 0.1) is 23.7 Å². The molecule has 4 unspecified atom stereocenters. The van der Waals surface area contributed by atoms with Gasteiger partial charge in [0.15, 0.2) is 0 Å². The summed E-state index contributed by atoms with van der Waals surface area (Å²) in [6.45, 7) is 6.79. The monoisotopic (exact) mass is 359 g/mol. The van der Waals surface area contributed by atoms with Crippen molar-refractivity contribution in [3.05, 3.63) is 12.2 Å². The molecule has 2 aliphatic carbocycles. The summed E-state index contributed by atoms with van der Waals surface area (Å²) in [5.41, 5.74) is -0.116. The zero-order valence-electron chi connectivity index (χ0n) is 15.7. The Morgan fingerprint density at radius 2 is 1.65 bits per heavy atom. The first-order valence-corrected chi connectivity index (χ1v) is 9.94. The maximum Gasteiger partial charge on any atom is 0.240 e. The van der Waals surface area contributed by atoms with Gasteiger partial charge in [-0.15, -0.1) is 0 Å². The van der Waals surface area contributed by atoms with E-state index in [0.717, 1.165) is 19.5 Å². The van der Waals surface area contributed by atoms with Crippen LogP contribution in [0.2, 0.25) is 0 Å². The van der Waals surface area contributed by atoms with Crippen molar-refractivity contribution in [2.24, 2.45) is 23.7 Å². The van der Waals surface area contributed by atoms with E-state index < -0.39 is 0 Å². The second kappa shape index (κ2) is 6.48. The lowest BCUT2D eigenvalue weighted by Crippen LogP contribution is -2.54. The summed E-state index contributed by atoms with van der Waals surface area (Å²) in [5, 5.41) is 2.95. The molecule has 26 heavy (non-hydrogen) atoms. The summed E-state index contributed by atoms with van der Waals surface area (Å²) >= 11 is 0. The molecule has 142 valence electrons. The number of carbonyl (C=O) groups excluding carboxylic acids is 3. The normalized spacial score (nSPS) is 33.8. The van der Waals surface area contributed by atoms with Gasteiger partial charge in [-0.05, 0) is 58.0 Å². The van der Waals surface area contributed by atoms with Gasteiger partial charge >= 0.3 is 0 Å². The molecular weight excluding hydrogens is 330 g/mol. The molecule has 0 radical (unpaired) electrons. The minimum Gasteiger partial charge on any atom is -0.353 e. The Kier molecular flexibility index (Phi) is 4.41. The van der Waals surface area contributed by atoms with E-state index in [9.17, 15) is 14.4 Å². The van der Waals surface area contributed by atoms with Gasteiger partial charge in [0, 0.05) is 12.1 Å². The smallest absolute Gasteiger partial charge is 0.240 e. The minimum atomic E-state index is -0.239. The van der Waals surface area contributed by atoms with Crippen molar-refractivity contribution in [1.29, 1.82) is 0 Å². The SMILES string of the molecule is CC(C)(CNC(=O)CN1C(=O)C2C3C=CC(C3)C2C1=O)N1CCCCC1. The molecule has 4 atom stereocenters. The van der Waals surface area contributed by atoms with Gasteiger partial charge in [-0.3, -0.25) is 24.2 Å². The van der Waals surface area contributed by atoms with Crippen LogP contribution < -0.4 is 5.32 Å². The number of hydrogen-bond donors (Lipinski definition) is 1. The molecule has 1 N–H and O–H groups in total. The molecule has 0 aromatic heterocycles. The highest BCUT2D eigenvalue weighted by Gasteiger charge is 2.59. The maximum absolute atomic E-state index is 12.7. The molecule has 0 aromatic carbocycles. The number of hydrogen-bond acceptors (Lipinski definition) is 4. The predicted molar refractivity (Wildman–Crippen MR) is 96.9 cm³/mol. The Morgan fingerprint density at radius 3 is 2.23 bits per heavy atom. The molecule has 2 saturated heterocycles. The summed E-state index contributed by atoms with van der Waals surface area (Å²) in [4.78, 5) is 41.3. The van der Waals surface area contributed by atoms with Crippen molar-refractivity contribution in [3.63, 3.8) is 0 Å². The average Bonchev–Trinajstić information content (AvgIpc) is 3.31. The quantitative estimate of drug-likeness (QED) is 0.591. The van der Waals surface area contributed by atoms with Crippen LogP contribution in [0.5, 0.6) is 0 Å². The predicted octanol–water partition coefficient (Wildman–Crippen LogP) is 1.17. The van der Waals surface area contributed by atoms with Gasteiger partial charge in [-0.25, -0.2) is 0 Å². The number of amides is 3. The summed E-state index contributed by atoms with van der Waals surface area (Å²) in [6, 6.07) is 0. The Hall–Kier alpha value is -1.69. The molecular formula is C20H29N3O3. The summed E-state index contributed by atoms with van der Waals surface area (Å²) in [6.07, 6.45) is 8.73. The first kappa shape index (κ1) is 17.7. The average molecular weight is 359 g/mol. The third-order valence-corrected chi connectivity index (χ3v) is 6.79. The lowest BCUT2D eigenvalue weighted by molar-refractivity contribution is -0.144. The number of piperidine rings is 1. The maximum atomic E-state index is 12.7. The number of carbonyl (C=O) groups is 3. The van der Waals surface area contributed by atoms with Crippen LogP contribution >= 0.6 is 0 Å². The highest BCUT2D eigenvalue weighted by atomic mass is 16.2. The molecule has 6 nitrogen and oxygen atoms in total. The topological polar surface area (TPSA) is 69.7 Å². The summed E-state index contributed by atoms with van der Waals surface area (Å²) < 4.78 is 0. The zero-order chi connectivity index (χ0) is 18.5. The van der Waals surface area contributed by atoms with Crippen molar-refractivity contribution in [3.8, 4) is 0 Å². The largest absolute Gasteiger partial charge is 0.353 e. The Bertz CT molecular complexity index is 621. The Labute approximate surface area is 155 Å². The first-order valence-electron chi connectivity index (χ1n) is 9.94. The number of rotatable bonds is 5. The van der Waals surface area contributed by atoms with E-state index in [1.54, 1.807) is 0 Å². The van der Waals surface area contributed by atoms with Crippen LogP contribution in [-0.2, 0) is 14.4 Å². The van der Waals surface area contributed by atoms with Crippen LogP contribution in [0.3, 0.4) is 0 Å². The standard InChI is InChI=1S/C20H29N3O3/c1-20(2,22-8-4-3-5-9-22)12-21-15(24)11-23-18(25)16-13-6-7-14(10-13)17(16)19(23)26/h6-7,13-14,16-17H,3-5,8-12H2,1-2H3,(H,21,24). The number of fused-ring (bicyclic) bond motifs is 5. The number of likely N-dealkylation sites (tertiary alicyclic amines) is 2. The van der Waals surface area contributed by atoms with E-state index in [-0.39, 0.29) is 53.5 Å². The molecule has 1 saturated carbocycles. The molecule has 0 spiro atoms. The van der Waals surface area contributed by atoms with Crippen LogP contribution in [-0.4, -0.2) is 59.2 Å². The molecule has 2 bridgehead atoms. The Balaban J connectivity index is 1.33. The molecule has 4 aliphatic rings. The van der Waals surface area contributed by atoms with E-state index in [1.807, 2.05) is 0 Å². The molecule has 0 aromatic rings. The van der Waals surface area contributed by atoms with Crippen LogP contribution in [0.1, 0.15) is 39.5 Å². The second-order valence-electron chi connectivity index (χ2n) is 8.90. The van der Waals surface area contributed by atoms with E-state index >= 15 is 0 Å². The van der Waals surface area contributed by atoms with Gasteiger partial charge in [-0.1, -0.05) is 18.6 Å². The highest BCUT2D eigenvalue weighted by Crippen LogP contribution is 2.52. The number of imide groups is 1. The lowest BCUT2D eigenvalue weighted by atomic mass is 9.85. The number of nitrogens with zero attached hydrogens (tertiary/aromatic N) is 2. The van der Waals surface area contributed by atoms with Gasteiger partial charge in [-0.2, -0.15) is 0 Å². The van der Waals surface area contributed by atoms with Crippen LogP contribution in [0.25, 0.3) is 0 Å². The molecule has 4 rings (SSSR count). The first-order chi connectivity index (χ1) is 12.4. The summed E-state index contributed by atoms with van der Waals surface area (Å²) in [7, 11) is 0. The minimum absolute atomic E-state index is 0.116. The van der Waals surface area contributed by atoms with Crippen LogP contribution in [0.15, 0.2) is 12.2 Å². The van der Waals surface area contributed by atoms with Crippen molar-refractivity contribution >= 4 is 17.7 Å². The van der Waals surface area contributed by atoms with E-state index in [0.29, 0.717) is 6.54 Å². The van der Waals surface area contributed by atoms with Crippen molar-refractivity contribution in [2.45, 2.75) is 45.1 Å². The molecule has 6 heteroatoms. The third-order valence-electron chi connectivity index (χ3n) is 6.79. The molecule has 3 fully saturated rings. The highest BCUT2D eigenvalue weighted by molar-refractivity contribution is 6.08. The second-order valence-corrected chi connectivity index (χ2v) is 8.90. The third kappa shape index (κ3) is 2.88. The van der Waals surface area contributed by atoms with Gasteiger partial charge in [0.2, 0.25) is 17.7 Å². The van der Waals surface area contributed by atoms with E-state index in [2.05, 4.69) is 36.2 Å². The molecule has 2 aliphatic heterocycles. The van der Waals surface area contributed by atoms with Crippen molar-refractivity contribution < 1.29 is 14.4 Å². The lowest BCUT2D eigenvalue weighted by Gasteiger charge is -2.41. The number of allylic oxidation sites excluding steroid dienone is 2. The van der Waals surface area contributed by atoms with Gasteiger partial charge in [0.05, 0.1) is 11.8 Å². The molecule has 2 heterocycles. The number of nitrogens with one attached hydrogen (secondary N) is 1. The van der Waals surface area contributed by atoms with E-state index in [4.69, 9.17) is 0 Å². The van der Waals surface area contributed by atoms with Gasteiger partial charge in [0.25, 0.3) is 0 Å².